The summed E-state index contributed by atoms with van der Waals surface area (Å²) >= 11 is 0. The number of piperidine rings is 1. The van der Waals surface area contributed by atoms with Crippen molar-refractivity contribution < 1.29 is 23.9 Å². The smallest absolute Gasteiger partial charge is 0.410 e. The van der Waals surface area contributed by atoms with Crippen molar-refractivity contribution in [1.29, 1.82) is 0 Å². The molecule has 1 fully saturated rings. The zero-order valence-electron chi connectivity index (χ0n) is 18.9. The first-order valence-corrected chi connectivity index (χ1v) is 10.5. The molecule has 0 aliphatic carbocycles. The first-order valence-electron chi connectivity index (χ1n) is 10.5. The summed E-state index contributed by atoms with van der Waals surface area (Å²) in [4.78, 5) is 40.9. The molecule has 1 heterocycles. The van der Waals surface area contributed by atoms with Crippen LogP contribution in [0.5, 0.6) is 0 Å². The molecule has 0 bridgehead atoms. The van der Waals surface area contributed by atoms with Gasteiger partial charge in [0.15, 0.2) is 0 Å². The van der Waals surface area contributed by atoms with Gasteiger partial charge >= 0.3 is 12.1 Å². The highest BCUT2D eigenvalue weighted by Gasteiger charge is 2.30. The molecule has 0 spiro atoms. The molecule has 7 heteroatoms. The number of esters is 1. The van der Waals surface area contributed by atoms with E-state index >= 15 is 0 Å². The van der Waals surface area contributed by atoms with Crippen LogP contribution < -0.4 is 0 Å². The van der Waals surface area contributed by atoms with Crippen molar-refractivity contribution in [2.45, 2.75) is 59.1 Å². The fourth-order valence-corrected chi connectivity index (χ4v) is 3.57. The van der Waals surface area contributed by atoms with Crippen LogP contribution in [0.15, 0.2) is 24.3 Å². The van der Waals surface area contributed by atoms with Gasteiger partial charge in [0.25, 0.3) is 5.91 Å². The molecule has 0 N–H and O–H groups in total. The number of likely N-dealkylation sites (tertiary alicyclic amines) is 1. The minimum absolute atomic E-state index is 0.00247. The van der Waals surface area contributed by atoms with E-state index in [1.54, 1.807) is 34.1 Å². The van der Waals surface area contributed by atoms with E-state index in [-0.39, 0.29) is 24.0 Å². The topological polar surface area (TPSA) is 76.2 Å². The number of nitrogens with zero attached hydrogens (tertiary/aromatic N) is 2. The number of rotatable bonds is 5. The van der Waals surface area contributed by atoms with Gasteiger partial charge in [-0.1, -0.05) is 6.07 Å². The summed E-state index contributed by atoms with van der Waals surface area (Å²) in [6.45, 7) is 11.3. The second-order valence-corrected chi connectivity index (χ2v) is 9.06. The Balaban J connectivity index is 2.08. The Hall–Kier alpha value is -2.57. The molecule has 2 rings (SSSR count). The van der Waals surface area contributed by atoms with E-state index in [1.807, 2.05) is 34.6 Å². The average molecular weight is 419 g/mol. The number of ether oxygens (including phenoxy) is 2. The molecule has 1 aromatic rings. The molecule has 1 atom stereocenters. The molecule has 1 aromatic carbocycles. The maximum Gasteiger partial charge on any atom is 0.410 e. The molecule has 1 aliphatic rings. The van der Waals surface area contributed by atoms with Crippen LogP contribution in [-0.2, 0) is 9.47 Å². The van der Waals surface area contributed by atoms with Gasteiger partial charge in [-0.2, -0.15) is 0 Å². The predicted molar refractivity (Wildman–Crippen MR) is 114 cm³/mol. The zero-order valence-corrected chi connectivity index (χ0v) is 18.9. The molecule has 2 amide bonds. The minimum atomic E-state index is -0.552. The molecule has 0 radical (unpaired) electrons. The lowest BCUT2D eigenvalue weighted by Crippen LogP contribution is -2.48. The Labute approximate surface area is 179 Å². The molecule has 7 nitrogen and oxygen atoms in total. The second kappa shape index (κ2) is 9.96. The van der Waals surface area contributed by atoms with E-state index in [4.69, 9.17) is 9.47 Å². The van der Waals surface area contributed by atoms with Gasteiger partial charge in [-0.3, -0.25) is 4.79 Å². The Kier molecular flexibility index (Phi) is 7.87. The van der Waals surface area contributed by atoms with Crippen LogP contribution in [0.1, 0.15) is 68.2 Å². The Bertz CT molecular complexity index is 769. The van der Waals surface area contributed by atoms with Gasteiger partial charge in [0.05, 0.1) is 12.7 Å². The summed E-state index contributed by atoms with van der Waals surface area (Å²) in [7, 11) is 1.32. The normalized spacial score (nSPS) is 16.9. The number of hydrogen-bond acceptors (Lipinski definition) is 5. The highest BCUT2D eigenvalue weighted by Crippen LogP contribution is 2.22. The van der Waals surface area contributed by atoms with Gasteiger partial charge in [0.1, 0.15) is 5.60 Å². The van der Waals surface area contributed by atoms with Crippen LogP contribution in [0.2, 0.25) is 0 Å². The third-order valence-electron chi connectivity index (χ3n) is 5.04. The first-order chi connectivity index (χ1) is 14.0. The number of methoxy groups -OCH3 is 1. The van der Waals surface area contributed by atoms with Gasteiger partial charge in [-0.25, -0.2) is 9.59 Å². The monoisotopic (exact) mass is 418 g/mol. The van der Waals surface area contributed by atoms with Crippen molar-refractivity contribution in [3.8, 4) is 0 Å². The molecule has 1 saturated heterocycles. The quantitative estimate of drug-likeness (QED) is 0.676. The number of amides is 2. The van der Waals surface area contributed by atoms with Crippen molar-refractivity contribution in [2.75, 3.05) is 26.7 Å². The third kappa shape index (κ3) is 6.47. The standard InChI is InChI=1S/C23H34N2O5/c1-16(2)25(22(28)30-23(3,4)5)15-17-9-8-12-24(14-17)20(26)18-10-7-11-19(13-18)21(27)29-6/h7,10-11,13,16-17H,8-9,12,14-15H2,1-6H3. The maximum absolute atomic E-state index is 13.0. The van der Waals surface area contributed by atoms with Gasteiger partial charge in [-0.05, 0) is 71.6 Å². The van der Waals surface area contributed by atoms with E-state index in [9.17, 15) is 14.4 Å². The third-order valence-corrected chi connectivity index (χ3v) is 5.04. The summed E-state index contributed by atoms with van der Waals surface area (Å²) in [6, 6.07) is 6.59. The van der Waals surface area contributed by atoms with Crippen LogP contribution in [-0.4, -0.2) is 66.2 Å². The molecule has 0 saturated carbocycles. The average Bonchev–Trinajstić information content (AvgIpc) is 2.69. The van der Waals surface area contributed by atoms with Crippen LogP contribution in [0, 0.1) is 5.92 Å². The van der Waals surface area contributed by atoms with E-state index in [2.05, 4.69) is 0 Å². The van der Waals surface area contributed by atoms with Crippen LogP contribution in [0.4, 0.5) is 4.79 Å². The van der Waals surface area contributed by atoms with Crippen LogP contribution in [0.3, 0.4) is 0 Å². The number of hydrogen-bond donors (Lipinski definition) is 0. The lowest BCUT2D eigenvalue weighted by molar-refractivity contribution is 0.0124. The van der Waals surface area contributed by atoms with Crippen molar-refractivity contribution in [3.63, 3.8) is 0 Å². The van der Waals surface area contributed by atoms with Gasteiger partial charge < -0.3 is 19.3 Å². The van der Waals surface area contributed by atoms with E-state index < -0.39 is 11.6 Å². The predicted octanol–water partition coefficient (Wildman–Crippen LogP) is 3.97. The first kappa shape index (κ1) is 23.7. The lowest BCUT2D eigenvalue weighted by Gasteiger charge is -2.37. The van der Waals surface area contributed by atoms with Crippen molar-refractivity contribution >= 4 is 18.0 Å². The van der Waals surface area contributed by atoms with Crippen LogP contribution >= 0.6 is 0 Å². The lowest BCUT2D eigenvalue weighted by atomic mass is 9.96. The van der Waals surface area contributed by atoms with E-state index in [0.29, 0.717) is 30.8 Å². The molecule has 1 unspecified atom stereocenters. The largest absolute Gasteiger partial charge is 0.465 e. The fourth-order valence-electron chi connectivity index (χ4n) is 3.57. The zero-order chi connectivity index (χ0) is 22.5. The molecule has 1 aliphatic heterocycles. The minimum Gasteiger partial charge on any atom is -0.465 e. The van der Waals surface area contributed by atoms with E-state index in [1.165, 1.54) is 7.11 Å². The molecular weight excluding hydrogens is 384 g/mol. The summed E-state index contributed by atoms with van der Waals surface area (Å²) in [5, 5.41) is 0. The molecular formula is C23H34N2O5. The van der Waals surface area contributed by atoms with Crippen molar-refractivity contribution in [3.05, 3.63) is 35.4 Å². The second-order valence-electron chi connectivity index (χ2n) is 9.06. The van der Waals surface area contributed by atoms with E-state index in [0.717, 1.165) is 12.8 Å². The summed E-state index contributed by atoms with van der Waals surface area (Å²) in [6.07, 6.45) is 1.48. The summed E-state index contributed by atoms with van der Waals surface area (Å²) in [5.41, 5.74) is 0.267. The van der Waals surface area contributed by atoms with Gasteiger partial charge in [-0.15, -0.1) is 0 Å². The van der Waals surface area contributed by atoms with Crippen LogP contribution in [0.25, 0.3) is 0 Å². The Morgan fingerprint density at radius 1 is 1.20 bits per heavy atom. The highest BCUT2D eigenvalue weighted by molar-refractivity contribution is 5.98. The fraction of sp³-hybridized carbons (Fsp3) is 0.609. The SMILES string of the molecule is COC(=O)c1cccc(C(=O)N2CCCC(CN(C(=O)OC(C)(C)C)C(C)C)C2)c1. The maximum atomic E-state index is 13.0. The van der Waals surface area contributed by atoms with Gasteiger partial charge in [0, 0.05) is 31.2 Å². The summed E-state index contributed by atoms with van der Waals surface area (Å²) in [5.74, 6) is -0.411. The number of carbonyl (C=O) groups is 3. The molecule has 30 heavy (non-hydrogen) atoms. The highest BCUT2D eigenvalue weighted by atomic mass is 16.6. The summed E-state index contributed by atoms with van der Waals surface area (Å²) < 4.78 is 10.3. The number of carbonyl (C=O) groups excluding carboxylic acids is 3. The molecule has 166 valence electrons. The number of benzene rings is 1. The Morgan fingerprint density at radius 3 is 2.47 bits per heavy atom. The molecule has 0 aromatic heterocycles. The Morgan fingerprint density at radius 2 is 1.87 bits per heavy atom. The van der Waals surface area contributed by atoms with Crippen molar-refractivity contribution in [1.82, 2.24) is 9.80 Å². The van der Waals surface area contributed by atoms with Crippen molar-refractivity contribution in [2.24, 2.45) is 5.92 Å². The van der Waals surface area contributed by atoms with Gasteiger partial charge in [0.2, 0.25) is 0 Å².